The third kappa shape index (κ3) is 3.36. The van der Waals surface area contributed by atoms with Gasteiger partial charge in [0.05, 0.1) is 16.4 Å². The van der Waals surface area contributed by atoms with Crippen LogP contribution in [-0.2, 0) is 26.1 Å². The molecule has 0 radical (unpaired) electrons. The first-order chi connectivity index (χ1) is 10.1. The van der Waals surface area contributed by atoms with Crippen LogP contribution in [0.25, 0.3) is 0 Å². The van der Waals surface area contributed by atoms with Crippen LogP contribution in [0.2, 0.25) is 5.02 Å². The molecule has 0 aliphatic carbocycles. The molecule has 2 rings (SSSR count). The van der Waals surface area contributed by atoms with E-state index in [1.807, 2.05) is 18.5 Å². The molecule has 2 aromatic rings. The van der Waals surface area contributed by atoms with Gasteiger partial charge in [-0.2, -0.15) is 5.10 Å². The van der Waals surface area contributed by atoms with Crippen LogP contribution in [0.1, 0.15) is 30.8 Å². The number of hydrogen-bond acceptors (Lipinski definition) is 3. The molecule has 0 fully saturated rings. The summed E-state index contributed by atoms with van der Waals surface area (Å²) in [6, 6.07) is 4.31. The van der Waals surface area contributed by atoms with E-state index in [0.29, 0.717) is 22.9 Å². The summed E-state index contributed by atoms with van der Waals surface area (Å²) < 4.78 is 20.8. The van der Waals surface area contributed by atoms with Crippen molar-refractivity contribution >= 4 is 11.6 Å². The van der Waals surface area contributed by atoms with Gasteiger partial charge in [0.15, 0.2) is 0 Å². The molecule has 0 aliphatic rings. The van der Waals surface area contributed by atoms with Crippen molar-refractivity contribution in [3.63, 3.8) is 0 Å². The van der Waals surface area contributed by atoms with Gasteiger partial charge in [-0.3, -0.25) is 4.68 Å². The average Bonchev–Trinajstić information content (AvgIpc) is 2.81. The number of rotatable bonds is 6. The zero-order valence-corrected chi connectivity index (χ0v) is 13.0. The fraction of sp³-hybridized carbons (Fsp3) is 0.400. The Morgan fingerprint density at radius 3 is 2.76 bits per heavy atom. The molecular weight excluding hydrogens is 293 g/mol. The van der Waals surface area contributed by atoms with Crippen LogP contribution in [-0.4, -0.2) is 9.78 Å². The van der Waals surface area contributed by atoms with Gasteiger partial charge in [-0.1, -0.05) is 18.5 Å². The molecule has 0 amide bonds. The van der Waals surface area contributed by atoms with Crippen LogP contribution < -0.4 is 10.5 Å². The Balaban J connectivity index is 2.22. The third-order valence-corrected chi connectivity index (χ3v) is 3.74. The minimum Gasteiger partial charge on any atom is -0.487 e. The zero-order chi connectivity index (χ0) is 15.4. The number of aryl methyl sites for hydroxylation is 2. The lowest BCUT2D eigenvalue weighted by Gasteiger charge is -2.11. The summed E-state index contributed by atoms with van der Waals surface area (Å²) in [6.07, 6.45) is 0.767. The highest BCUT2D eigenvalue weighted by atomic mass is 35.5. The molecule has 0 bridgehead atoms. The number of benzene rings is 1. The molecule has 0 saturated heterocycles. The lowest BCUT2D eigenvalue weighted by Crippen LogP contribution is -2.08. The Labute approximate surface area is 128 Å². The van der Waals surface area contributed by atoms with E-state index in [2.05, 4.69) is 5.10 Å². The first-order valence-electron chi connectivity index (χ1n) is 6.96. The van der Waals surface area contributed by atoms with Crippen molar-refractivity contribution in [3.8, 4) is 5.75 Å². The summed E-state index contributed by atoms with van der Waals surface area (Å²) in [7, 11) is 0. The molecule has 2 N–H and O–H groups in total. The van der Waals surface area contributed by atoms with Crippen molar-refractivity contribution in [1.29, 1.82) is 0 Å². The quantitative estimate of drug-likeness (QED) is 0.890. The summed E-state index contributed by atoms with van der Waals surface area (Å²) in [6.45, 7) is 5.21. The van der Waals surface area contributed by atoms with Crippen molar-refractivity contribution in [3.05, 3.63) is 46.0 Å². The Hall–Kier alpha value is -1.59. The third-order valence-electron chi connectivity index (χ3n) is 3.30. The van der Waals surface area contributed by atoms with E-state index in [0.717, 1.165) is 17.8 Å². The summed E-state index contributed by atoms with van der Waals surface area (Å²) in [5, 5.41) is 5.07. The number of nitrogens with two attached hydrogens (primary N) is 1. The Bertz CT molecular complexity index is 628. The number of ether oxygens (including phenoxy) is 1. The average molecular weight is 312 g/mol. The Morgan fingerprint density at radius 1 is 1.38 bits per heavy atom. The first kappa shape index (κ1) is 15.8. The maximum Gasteiger partial charge on any atom is 0.131 e. The Morgan fingerprint density at radius 2 is 2.14 bits per heavy atom. The van der Waals surface area contributed by atoms with Gasteiger partial charge in [0.2, 0.25) is 0 Å². The maximum atomic E-state index is 13.2. The van der Waals surface area contributed by atoms with Gasteiger partial charge in [0, 0.05) is 18.7 Å². The minimum absolute atomic E-state index is 0.216. The maximum absolute atomic E-state index is 13.2. The smallest absolute Gasteiger partial charge is 0.131 e. The van der Waals surface area contributed by atoms with Crippen LogP contribution in [0.15, 0.2) is 18.2 Å². The fourth-order valence-electron chi connectivity index (χ4n) is 2.15. The zero-order valence-electron chi connectivity index (χ0n) is 12.2. The normalized spacial score (nSPS) is 10.9. The largest absolute Gasteiger partial charge is 0.487 e. The van der Waals surface area contributed by atoms with E-state index in [9.17, 15) is 4.39 Å². The van der Waals surface area contributed by atoms with E-state index in [4.69, 9.17) is 22.1 Å². The summed E-state index contributed by atoms with van der Waals surface area (Å²) >= 11 is 6.33. The molecule has 114 valence electrons. The highest BCUT2D eigenvalue weighted by Gasteiger charge is 2.15. The van der Waals surface area contributed by atoms with Crippen LogP contribution in [0.4, 0.5) is 4.39 Å². The van der Waals surface area contributed by atoms with Gasteiger partial charge in [-0.05, 0) is 31.5 Å². The van der Waals surface area contributed by atoms with E-state index < -0.39 is 0 Å². The molecule has 21 heavy (non-hydrogen) atoms. The molecule has 1 aromatic heterocycles. The molecule has 0 aliphatic heterocycles. The summed E-state index contributed by atoms with van der Waals surface area (Å²) in [5.74, 6) is 0.240. The predicted octanol–water partition coefficient (Wildman–Crippen LogP) is 3.30. The number of hydrogen-bond donors (Lipinski definition) is 1. The van der Waals surface area contributed by atoms with Gasteiger partial charge in [0.1, 0.15) is 18.2 Å². The molecule has 0 unspecified atom stereocenters. The number of halogens is 2. The molecule has 0 saturated carbocycles. The molecule has 1 heterocycles. The van der Waals surface area contributed by atoms with E-state index in [1.54, 1.807) is 6.07 Å². The van der Waals surface area contributed by atoms with E-state index >= 15 is 0 Å². The lowest BCUT2D eigenvalue weighted by atomic mass is 10.2. The topological polar surface area (TPSA) is 53.1 Å². The highest BCUT2D eigenvalue weighted by molar-refractivity contribution is 6.31. The first-order valence-corrected chi connectivity index (χ1v) is 7.33. The highest BCUT2D eigenvalue weighted by Crippen LogP contribution is 2.25. The van der Waals surface area contributed by atoms with Crippen molar-refractivity contribution < 1.29 is 9.13 Å². The predicted molar refractivity (Wildman–Crippen MR) is 80.9 cm³/mol. The molecule has 1 aromatic carbocycles. The molecule has 0 spiro atoms. The second kappa shape index (κ2) is 6.91. The number of aromatic nitrogens is 2. The summed E-state index contributed by atoms with van der Waals surface area (Å²) in [4.78, 5) is 0. The second-order valence-electron chi connectivity index (χ2n) is 4.62. The van der Waals surface area contributed by atoms with Gasteiger partial charge >= 0.3 is 0 Å². The van der Waals surface area contributed by atoms with Gasteiger partial charge < -0.3 is 10.5 Å². The van der Waals surface area contributed by atoms with Crippen LogP contribution >= 0.6 is 11.6 Å². The molecule has 4 nitrogen and oxygen atoms in total. The monoisotopic (exact) mass is 311 g/mol. The fourth-order valence-corrected chi connectivity index (χ4v) is 2.47. The van der Waals surface area contributed by atoms with Gasteiger partial charge in [-0.25, -0.2) is 4.39 Å². The van der Waals surface area contributed by atoms with Crippen molar-refractivity contribution in [2.45, 2.75) is 40.0 Å². The molecule has 0 atom stereocenters. The van der Waals surface area contributed by atoms with Crippen LogP contribution in [0.5, 0.6) is 5.75 Å². The van der Waals surface area contributed by atoms with E-state index in [-0.39, 0.29) is 19.0 Å². The SMILES string of the molecule is CCc1nn(CC)c(COc2ccc(F)cc2CN)c1Cl. The number of nitrogens with zero attached hydrogens (tertiary/aromatic N) is 2. The van der Waals surface area contributed by atoms with E-state index in [1.165, 1.54) is 12.1 Å². The Kier molecular flexibility index (Phi) is 5.20. The molecule has 6 heteroatoms. The van der Waals surface area contributed by atoms with Crippen molar-refractivity contribution in [2.75, 3.05) is 0 Å². The van der Waals surface area contributed by atoms with Crippen molar-refractivity contribution in [2.24, 2.45) is 5.73 Å². The molecular formula is C15H19ClFN3O. The summed E-state index contributed by atoms with van der Waals surface area (Å²) in [5.41, 5.74) is 7.92. The standard InChI is InChI=1S/C15H19ClFN3O/c1-3-12-15(16)13(20(4-2)19-12)9-21-14-6-5-11(17)7-10(14)8-18/h5-7H,3-4,8-9,18H2,1-2H3. The lowest BCUT2D eigenvalue weighted by molar-refractivity contribution is 0.289. The van der Waals surface area contributed by atoms with Crippen molar-refractivity contribution in [1.82, 2.24) is 9.78 Å². The van der Waals surface area contributed by atoms with Gasteiger partial charge in [-0.15, -0.1) is 0 Å². The van der Waals surface area contributed by atoms with Gasteiger partial charge in [0.25, 0.3) is 0 Å². The van der Waals surface area contributed by atoms with Crippen LogP contribution in [0.3, 0.4) is 0 Å². The minimum atomic E-state index is -0.326. The van der Waals surface area contributed by atoms with Crippen LogP contribution in [0, 0.1) is 5.82 Å². The second-order valence-corrected chi connectivity index (χ2v) is 5.00.